The highest BCUT2D eigenvalue weighted by Crippen LogP contribution is 2.29. The minimum absolute atomic E-state index is 0.236. The molecule has 3 rings (SSSR count). The van der Waals surface area contributed by atoms with Crippen LogP contribution < -0.4 is 10.5 Å². The molecule has 0 unspecified atom stereocenters. The average molecular weight is 826 g/mol. The summed E-state index contributed by atoms with van der Waals surface area (Å²) in [6, 6.07) is 14.6. The zero-order valence-corrected chi connectivity index (χ0v) is 38.7. The van der Waals surface area contributed by atoms with Crippen LogP contribution in [0.2, 0.25) is 0 Å². The smallest absolute Gasteiger partial charge is 0.331 e. The number of hydrogen-bond donors (Lipinski definition) is 2. The van der Waals surface area contributed by atoms with Crippen molar-refractivity contribution in [2.24, 2.45) is 10.1 Å². The van der Waals surface area contributed by atoms with Crippen molar-refractivity contribution in [1.29, 1.82) is 0 Å². The van der Waals surface area contributed by atoms with Crippen LogP contribution in [0.3, 0.4) is 0 Å². The Hall–Kier alpha value is -4.46. The van der Waals surface area contributed by atoms with Crippen molar-refractivity contribution in [1.82, 2.24) is 15.4 Å². The van der Waals surface area contributed by atoms with Gasteiger partial charge in [0.25, 0.3) is 7.41 Å². The molecule has 0 spiro atoms. The lowest BCUT2D eigenvalue weighted by Gasteiger charge is -2.29. The first kappa shape index (κ1) is 55.5. The van der Waals surface area contributed by atoms with E-state index < -0.39 is 0 Å². The molecule has 0 saturated heterocycles. The number of hydrogen-bond acceptors (Lipinski definition) is 8. The minimum Gasteiger partial charge on any atom is -0.483 e. The molecule has 328 valence electrons. The molecule has 1 heterocycles. The summed E-state index contributed by atoms with van der Waals surface area (Å²) < 4.78 is 24.4. The van der Waals surface area contributed by atoms with E-state index in [1.54, 1.807) is 26.6 Å². The number of nitrogens with zero attached hydrogens (tertiary/aromatic N) is 4. The second kappa shape index (κ2) is 36.4. The molecule has 2 radical (unpaired) electrons. The van der Waals surface area contributed by atoms with Crippen LogP contribution in [-0.4, -0.2) is 64.4 Å². The number of carbonyl (C=O) groups excluding carboxylic acids is 1. The Morgan fingerprint density at radius 3 is 1.98 bits per heavy atom. The highest BCUT2D eigenvalue weighted by Gasteiger charge is 2.24. The van der Waals surface area contributed by atoms with Crippen LogP contribution in [-0.2, 0) is 27.1 Å². The zero-order chi connectivity index (χ0) is 45.0. The Morgan fingerprint density at radius 2 is 1.43 bits per heavy atom. The number of rotatable bonds is 26. The molecule has 0 amide bonds. The number of aryl methyl sites for hydroxylation is 1. The predicted octanol–water partition coefficient (Wildman–Crippen LogP) is 11.7. The quantitative estimate of drug-likeness (QED) is 0.0245. The molecule has 2 aromatic carbocycles. The van der Waals surface area contributed by atoms with Crippen LogP contribution in [0.25, 0.3) is 10.7 Å². The third-order valence-electron chi connectivity index (χ3n) is 9.35. The van der Waals surface area contributed by atoms with Gasteiger partial charge in [-0.3, -0.25) is 4.79 Å². The number of amidine groups is 1. The van der Waals surface area contributed by atoms with Gasteiger partial charge in [0, 0.05) is 25.5 Å². The molecule has 9 nitrogen and oxygen atoms in total. The second-order valence-corrected chi connectivity index (χ2v) is 13.8. The normalized spacial score (nSPS) is 12.0. The fraction of sp³-hybridized carbons (Fsp3) is 0.542. The van der Waals surface area contributed by atoms with E-state index in [0.717, 1.165) is 48.2 Å². The highest BCUT2D eigenvalue weighted by atomic mass is 19.1. The van der Waals surface area contributed by atoms with Gasteiger partial charge in [0.05, 0.1) is 17.9 Å². The van der Waals surface area contributed by atoms with E-state index in [2.05, 4.69) is 40.6 Å². The maximum Gasteiger partial charge on any atom is 0.331 e. The Kier molecular flexibility index (Phi) is 33.7. The van der Waals surface area contributed by atoms with Crippen molar-refractivity contribution in [3.63, 3.8) is 0 Å². The standard InChI is InChI=1S/C39H54BFN3O2.C5H10BN3O.2C2H6/c1-6-7-8-9-10-11-12-13-14-15-16-17-37(45)27-22-33-18-23-35(24-19-33)31(3)46-38-30(2)44(5)32(4)43-39(38)40-42-29-28-34-20-25-36(41)26-21-34;1-4-10-5(6-7-2)9-8-3;2*1-2/h18-21,23-26,42H,2-3,6-17,22,27-29H2,1,4-5H3;3,7H,4H2,1-2H3;2*1-2H3/q;+1;;/b;9-5-;;. The van der Waals surface area contributed by atoms with E-state index >= 15 is 0 Å². The lowest BCUT2D eigenvalue weighted by Crippen LogP contribution is -2.33. The average Bonchev–Trinajstić information content (AvgIpc) is 3.26. The van der Waals surface area contributed by atoms with E-state index in [9.17, 15) is 9.18 Å². The zero-order valence-electron chi connectivity index (χ0n) is 38.7. The van der Waals surface area contributed by atoms with Crippen molar-refractivity contribution in [3.8, 4) is 6.57 Å². The van der Waals surface area contributed by atoms with E-state index in [1.807, 2.05) is 85.2 Å². The third-order valence-corrected chi connectivity index (χ3v) is 9.35. The van der Waals surface area contributed by atoms with E-state index in [-0.39, 0.29) is 5.82 Å². The molecule has 0 aliphatic carbocycles. The largest absolute Gasteiger partial charge is 0.483 e. The van der Waals surface area contributed by atoms with Crippen molar-refractivity contribution in [2.45, 2.75) is 145 Å². The summed E-state index contributed by atoms with van der Waals surface area (Å²) in [5, 5.41) is 9.52. The van der Waals surface area contributed by atoms with Gasteiger partial charge < -0.3 is 24.8 Å². The number of unbranched alkanes of at least 4 members (excludes halogenated alkanes) is 10. The number of likely N-dealkylation sites (N-methyl/N-ethyl adjacent to an activating group) is 1. The van der Waals surface area contributed by atoms with Crippen LogP contribution in [0.1, 0.15) is 149 Å². The first-order valence-corrected chi connectivity index (χ1v) is 22.3. The van der Waals surface area contributed by atoms with Gasteiger partial charge in [0.1, 0.15) is 28.1 Å². The molecular weight excluding hydrogens is 749 g/mol. The molecule has 1 aliphatic rings. The Balaban J connectivity index is 0.00000215. The first-order chi connectivity index (χ1) is 29.1. The Morgan fingerprint density at radius 1 is 0.883 bits per heavy atom. The molecule has 1 aliphatic heterocycles. The van der Waals surface area contributed by atoms with E-state index in [1.165, 1.54) is 69.9 Å². The fourth-order valence-corrected chi connectivity index (χ4v) is 5.90. The van der Waals surface area contributed by atoms with Gasteiger partial charge >= 0.3 is 14.0 Å². The number of ketones is 1. The summed E-state index contributed by atoms with van der Waals surface area (Å²) in [6.45, 7) is 28.4. The summed E-state index contributed by atoms with van der Waals surface area (Å²) in [5.41, 5.74) is 4.35. The van der Waals surface area contributed by atoms with E-state index in [4.69, 9.17) is 21.0 Å². The Labute approximate surface area is 365 Å². The van der Waals surface area contributed by atoms with E-state index in [0.29, 0.717) is 60.4 Å². The number of ether oxygens (including phenoxy) is 2. The third kappa shape index (κ3) is 24.6. The molecule has 0 atom stereocenters. The maximum atomic E-state index is 13.2. The number of halogens is 1. The van der Waals surface area contributed by atoms with Gasteiger partial charge in [-0.05, 0) is 70.0 Å². The van der Waals surface area contributed by atoms with Gasteiger partial charge in [-0.15, -0.1) is 0 Å². The highest BCUT2D eigenvalue weighted by molar-refractivity contribution is 6.71. The SMILES string of the molecule is C#[N+]/N=C(/[B]NC)OCC.C=C(OC1=C([B]NCCc2ccc(F)cc2)N=C(C)N(C)C1=C)c1ccc(CCC(=O)CCCCCCCCCCCCC)cc1.CC.CC. The predicted molar refractivity (Wildman–Crippen MR) is 257 cm³/mol. The molecule has 2 N–H and O–H groups in total. The van der Waals surface area contributed by atoms with Crippen LogP contribution >= 0.6 is 0 Å². The topological polar surface area (TPSA) is 91.9 Å². The number of Topliss-reactive ketones (excluding diaryl/α,β-unsaturated/α-hetero) is 1. The molecule has 0 saturated carbocycles. The number of aliphatic imine (C=N–C) groups is 1. The van der Waals surface area contributed by atoms with Gasteiger partial charge in [-0.25, -0.2) is 9.38 Å². The van der Waals surface area contributed by atoms with Crippen molar-refractivity contribution < 1.29 is 18.7 Å². The van der Waals surface area contributed by atoms with Crippen LogP contribution in [0.15, 0.2) is 88.8 Å². The summed E-state index contributed by atoms with van der Waals surface area (Å²) >= 11 is 0. The molecule has 12 heteroatoms. The van der Waals surface area contributed by atoms with Gasteiger partial charge in [0.2, 0.25) is 5.80 Å². The summed E-state index contributed by atoms with van der Waals surface area (Å²) in [7, 11) is 7.04. The molecular formula is C48H76B2FN6O3+. The van der Waals surface area contributed by atoms with Gasteiger partial charge in [-0.2, -0.15) is 0 Å². The first-order valence-electron chi connectivity index (χ1n) is 22.3. The Bertz CT molecular complexity index is 1610. The van der Waals surface area contributed by atoms with Gasteiger partial charge in [0.15, 0.2) is 10.9 Å². The van der Waals surface area contributed by atoms with Gasteiger partial charge in [-0.1, -0.05) is 148 Å². The molecule has 60 heavy (non-hydrogen) atoms. The second-order valence-electron chi connectivity index (χ2n) is 13.8. The number of benzene rings is 2. The maximum absolute atomic E-state index is 13.2. The van der Waals surface area contributed by atoms with Crippen molar-refractivity contribution in [3.05, 3.63) is 106 Å². The lowest BCUT2D eigenvalue weighted by molar-refractivity contribution is -0.119. The lowest BCUT2D eigenvalue weighted by atomic mass is 9.86. The molecule has 0 aromatic heterocycles. The summed E-state index contributed by atoms with van der Waals surface area (Å²) in [4.78, 5) is 22.1. The molecule has 2 aromatic rings. The molecule has 0 bridgehead atoms. The minimum atomic E-state index is -0.236. The number of carbonyl (C=O) groups is 1. The fourth-order valence-electron chi connectivity index (χ4n) is 5.90. The van der Waals surface area contributed by atoms with Crippen molar-refractivity contribution in [2.75, 3.05) is 27.2 Å². The molecule has 0 fully saturated rings. The summed E-state index contributed by atoms with van der Waals surface area (Å²) in [5.74, 6) is 2.33. The van der Waals surface area contributed by atoms with Crippen LogP contribution in [0, 0.1) is 12.4 Å². The van der Waals surface area contributed by atoms with Crippen molar-refractivity contribution >= 4 is 38.0 Å². The summed E-state index contributed by atoms with van der Waals surface area (Å²) in [6.07, 6.45) is 17.0. The number of nitrogens with one attached hydrogen (secondary N) is 2. The van der Waals surface area contributed by atoms with Crippen LogP contribution in [0.5, 0.6) is 0 Å². The monoisotopic (exact) mass is 826 g/mol. The van der Waals surface area contributed by atoms with Crippen LogP contribution in [0.4, 0.5) is 4.39 Å².